The number of hydrogen-bond acceptors (Lipinski definition) is 5. The van der Waals surface area contributed by atoms with Gasteiger partial charge in [0.15, 0.2) is 0 Å². The van der Waals surface area contributed by atoms with Crippen LogP contribution in [0.5, 0.6) is 5.75 Å². The van der Waals surface area contributed by atoms with E-state index >= 15 is 0 Å². The van der Waals surface area contributed by atoms with E-state index in [-0.39, 0.29) is 17.9 Å². The molecule has 3 heterocycles. The van der Waals surface area contributed by atoms with Crippen LogP contribution in [-0.4, -0.2) is 65.9 Å². The van der Waals surface area contributed by atoms with Crippen LogP contribution in [0.1, 0.15) is 36.1 Å². The first-order valence-corrected chi connectivity index (χ1v) is 9.29. The van der Waals surface area contributed by atoms with Crippen LogP contribution in [0.3, 0.4) is 0 Å². The van der Waals surface area contributed by atoms with Gasteiger partial charge in [-0.1, -0.05) is 0 Å². The molecule has 0 bridgehead atoms. The van der Waals surface area contributed by atoms with Crippen molar-refractivity contribution in [3.63, 3.8) is 0 Å². The van der Waals surface area contributed by atoms with E-state index in [0.717, 1.165) is 55.2 Å². The van der Waals surface area contributed by atoms with Gasteiger partial charge in [0.25, 0.3) is 0 Å². The molecule has 2 saturated heterocycles. The number of carbonyl (C=O) groups excluding carboxylic acids is 2. The van der Waals surface area contributed by atoms with Crippen LogP contribution in [-0.2, 0) is 16.1 Å². The Morgan fingerprint density at radius 3 is 2.81 bits per heavy atom. The van der Waals surface area contributed by atoms with Crippen molar-refractivity contribution in [3.05, 3.63) is 23.0 Å². The van der Waals surface area contributed by atoms with Crippen LogP contribution in [0.25, 0.3) is 0 Å². The van der Waals surface area contributed by atoms with Gasteiger partial charge in [0, 0.05) is 56.5 Å². The quantitative estimate of drug-likeness (QED) is 0.868. The maximum absolute atomic E-state index is 12.6. The first kappa shape index (κ1) is 18.6. The molecular weight excluding hydrogens is 332 g/mol. The molecule has 7 nitrogen and oxygen atoms in total. The summed E-state index contributed by atoms with van der Waals surface area (Å²) >= 11 is 0. The Kier molecular flexibility index (Phi) is 5.76. The number of aryl methyl sites for hydroxylation is 1. The second-order valence-electron chi connectivity index (χ2n) is 7.16. The highest BCUT2D eigenvalue weighted by atomic mass is 16.5. The summed E-state index contributed by atoms with van der Waals surface area (Å²) in [5.41, 5.74) is 3.15. The van der Waals surface area contributed by atoms with Crippen LogP contribution in [0.15, 0.2) is 6.20 Å². The summed E-state index contributed by atoms with van der Waals surface area (Å²) in [6.07, 6.45) is 3.85. The first-order chi connectivity index (χ1) is 12.5. The van der Waals surface area contributed by atoms with E-state index in [2.05, 4.69) is 15.2 Å². The lowest BCUT2D eigenvalue weighted by Gasteiger charge is -2.24. The summed E-state index contributed by atoms with van der Waals surface area (Å²) in [4.78, 5) is 32.8. The molecule has 3 rings (SSSR count). The number of nitrogens with zero attached hydrogens (tertiary/aromatic N) is 3. The highest BCUT2D eigenvalue weighted by molar-refractivity contribution is 5.90. The van der Waals surface area contributed by atoms with Gasteiger partial charge in [-0.3, -0.25) is 19.5 Å². The molecule has 1 aromatic rings. The maximum atomic E-state index is 12.6. The molecule has 1 atom stereocenters. The minimum Gasteiger partial charge on any atom is -0.496 e. The number of carbonyl (C=O) groups is 2. The van der Waals surface area contributed by atoms with Gasteiger partial charge in [-0.05, 0) is 26.7 Å². The van der Waals surface area contributed by atoms with Crippen molar-refractivity contribution < 1.29 is 14.3 Å². The zero-order valence-corrected chi connectivity index (χ0v) is 15.9. The standard InChI is InChI=1S/C19H28N4O3/c1-13-11-20-16(14(2)18(13)26-3)12-22-7-4-8-23(10-9-22)19(25)15-5-6-17(24)21-15/h11,15H,4-10,12H2,1-3H3,(H,21,24). The van der Waals surface area contributed by atoms with Crippen LogP contribution >= 0.6 is 0 Å². The molecule has 2 aliphatic heterocycles. The largest absolute Gasteiger partial charge is 0.496 e. The van der Waals surface area contributed by atoms with Crippen molar-refractivity contribution in [1.29, 1.82) is 0 Å². The minimum absolute atomic E-state index is 0.0188. The van der Waals surface area contributed by atoms with Crippen LogP contribution in [0, 0.1) is 13.8 Å². The first-order valence-electron chi connectivity index (χ1n) is 9.29. The van der Waals surface area contributed by atoms with Crippen molar-refractivity contribution in [2.45, 2.75) is 45.7 Å². The third-order valence-corrected chi connectivity index (χ3v) is 5.32. The summed E-state index contributed by atoms with van der Waals surface area (Å²) in [6.45, 7) is 7.97. The molecule has 7 heteroatoms. The summed E-state index contributed by atoms with van der Waals surface area (Å²) in [6, 6.07) is -0.334. The molecular formula is C19H28N4O3. The number of aromatic nitrogens is 1. The molecule has 2 fully saturated rings. The number of pyridine rings is 1. The maximum Gasteiger partial charge on any atom is 0.245 e. The van der Waals surface area contributed by atoms with Crippen molar-refractivity contribution in [2.24, 2.45) is 0 Å². The molecule has 1 unspecified atom stereocenters. The monoisotopic (exact) mass is 360 g/mol. The van der Waals surface area contributed by atoms with E-state index in [1.807, 2.05) is 24.9 Å². The Morgan fingerprint density at radius 1 is 1.31 bits per heavy atom. The molecule has 142 valence electrons. The highest BCUT2D eigenvalue weighted by Crippen LogP contribution is 2.25. The molecule has 0 spiro atoms. The summed E-state index contributed by atoms with van der Waals surface area (Å²) in [5.74, 6) is 0.942. The normalized spacial score (nSPS) is 21.4. The van der Waals surface area contributed by atoms with E-state index < -0.39 is 0 Å². The van der Waals surface area contributed by atoms with E-state index in [9.17, 15) is 9.59 Å². The lowest BCUT2D eigenvalue weighted by atomic mass is 10.1. The van der Waals surface area contributed by atoms with Gasteiger partial charge in [-0.25, -0.2) is 0 Å². The number of nitrogens with one attached hydrogen (secondary N) is 1. The zero-order valence-electron chi connectivity index (χ0n) is 15.9. The number of hydrogen-bond donors (Lipinski definition) is 1. The van der Waals surface area contributed by atoms with Gasteiger partial charge in [0.2, 0.25) is 11.8 Å². The second-order valence-corrected chi connectivity index (χ2v) is 7.16. The zero-order chi connectivity index (χ0) is 18.7. The summed E-state index contributed by atoms with van der Waals surface area (Å²) < 4.78 is 5.50. The average molecular weight is 360 g/mol. The molecule has 2 aliphatic rings. The molecule has 0 radical (unpaired) electrons. The summed E-state index contributed by atoms with van der Waals surface area (Å²) in [5, 5.41) is 2.78. The Bertz CT molecular complexity index is 692. The van der Waals surface area contributed by atoms with Crippen LogP contribution < -0.4 is 10.1 Å². The van der Waals surface area contributed by atoms with E-state index in [1.165, 1.54) is 0 Å². The Balaban J connectivity index is 1.61. The highest BCUT2D eigenvalue weighted by Gasteiger charge is 2.31. The second kappa shape index (κ2) is 8.03. The van der Waals surface area contributed by atoms with Gasteiger partial charge in [0.05, 0.1) is 12.8 Å². The Labute approximate surface area is 154 Å². The van der Waals surface area contributed by atoms with E-state index in [0.29, 0.717) is 19.4 Å². The number of amides is 2. The van der Waals surface area contributed by atoms with E-state index in [4.69, 9.17) is 4.74 Å². The van der Waals surface area contributed by atoms with Gasteiger partial charge < -0.3 is 15.0 Å². The smallest absolute Gasteiger partial charge is 0.245 e. The molecule has 1 N–H and O–H groups in total. The predicted molar refractivity (Wildman–Crippen MR) is 97.9 cm³/mol. The Morgan fingerprint density at radius 2 is 2.12 bits per heavy atom. The molecule has 0 aliphatic carbocycles. The Hall–Kier alpha value is -2.15. The fourth-order valence-electron chi connectivity index (χ4n) is 3.81. The van der Waals surface area contributed by atoms with Crippen molar-refractivity contribution in [3.8, 4) is 5.75 Å². The molecule has 2 amide bonds. The fourth-order valence-corrected chi connectivity index (χ4v) is 3.81. The number of ether oxygens (including phenoxy) is 1. The number of rotatable bonds is 4. The third-order valence-electron chi connectivity index (χ3n) is 5.32. The number of methoxy groups -OCH3 is 1. The van der Waals surface area contributed by atoms with Crippen molar-refractivity contribution in [1.82, 2.24) is 20.1 Å². The van der Waals surface area contributed by atoms with Crippen molar-refractivity contribution in [2.75, 3.05) is 33.3 Å². The summed E-state index contributed by atoms with van der Waals surface area (Å²) in [7, 11) is 1.69. The van der Waals surface area contributed by atoms with Crippen LogP contribution in [0.4, 0.5) is 0 Å². The third kappa shape index (κ3) is 3.98. The molecule has 0 aromatic carbocycles. The van der Waals surface area contributed by atoms with E-state index in [1.54, 1.807) is 7.11 Å². The van der Waals surface area contributed by atoms with Gasteiger partial charge in [-0.2, -0.15) is 0 Å². The average Bonchev–Trinajstić information content (AvgIpc) is 2.92. The lowest BCUT2D eigenvalue weighted by Crippen LogP contribution is -2.45. The molecule has 26 heavy (non-hydrogen) atoms. The SMILES string of the molecule is COc1c(C)cnc(CN2CCCN(C(=O)C3CCC(=O)N3)CC2)c1C. The predicted octanol–water partition coefficient (Wildman–Crippen LogP) is 1.02. The van der Waals surface area contributed by atoms with Gasteiger partial charge in [-0.15, -0.1) is 0 Å². The van der Waals surface area contributed by atoms with Gasteiger partial charge in [0.1, 0.15) is 11.8 Å². The molecule has 1 aromatic heterocycles. The topological polar surface area (TPSA) is 74.8 Å². The molecule has 0 saturated carbocycles. The minimum atomic E-state index is -0.334. The van der Waals surface area contributed by atoms with Crippen molar-refractivity contribution >= 4 is 11.8 Å². The van der Waals surface area contributed by atoms with Crippen LogP contribution in [0.2, 0.25) is 0 Å². The lowest BCUT2D eigenvalue weighted by molar-refractivity contribution is -0.134. The fraction of sp³-hybridized carbons (Fsp3) is 0.632. The van der Waals surface area contributed by atoms with Gasteiger partial charge >= 0.3 is 0 Å².